The van der Waals surface area contributed by atoms with Crippen molar-refractivity contribution in [2.45, 2.75) is 197 Å². The van der Waals surface area contributed by atoms with E-state index in [1.54, 1.807) is 6.08 Å². The van der Waals surface area contributed by atoms with Gasteiger partial charge in [0.2, 0.25) is 0 Å². The van der Waals surface area contributed by atoms with Gasteiger partial charge in [-0.2, -0.15) is 0 Å². The van der Waals surface area contributed by atoms with Crippen LogP contribution < -0.4 is 0 Å². The molecule has 0 amide bonds. The zero-order chi connectivity index (χ0) is 50.2. The fraction of sp³-hybridized carbons (Fsp3) is 0.655. The van der Waals surface area contributed by atoms with Crippen molar-refractivity contribution in [2.24, 2.45) is 0 Å². The van der Waals surface area contributed by atoms with Gasteiger partial charge in [-0.25, -0.2) is 0 Å². The minimum atomic E-state index is -1.73. The molecule has 0 saturated carbocycles. The van der Waals surface area contributed by atoms with Crippen LogP contribution in [0.15, 0.2) is 109 Å². The van der Waals surface area contributed by atoms with Crippen molar-refractivity contribution < 1.29 is 69.0 Å². The molecule has 392 valence electrons. The molecule has 11 atom stereocenters. The first-order chi connectivity index (χ1) is 33.6. The lowest BCUT2D eigenvalue weighted by molar-refractivity contribution is -0.332. The van der Waals surface area contributed by atoms with Gasteiger partial charge in [0.25, 0.3) is 0 Å². The fourth-order valence-electron chi connectivity index (χ4n) is 7.23. The monoisotopic (exact) mass is 973 g/mol. The van der Waals surface area contributed by atoms with Crippen LogP contribution in [0.3, 0.4) is 0 Å². The SMILES string of the molecule is CC/C=C\C/C=C\C/C=C\C/C=C\C/C=C\CC(=O)OC(COCCCCCCCCC/C=C\C/C=C\C/C=C\C/C=C\CC)COC1OC(COC2OC(CO)C(O)C(O)C2O)C(O)C(O)C1O. The lowest BCUT2D eigenvalue weighted by atomic mass is 9.98. The summed E-state index contributed by atoms with van der Waals surface area (Å²) >= 11 is 0. The minimum absolute atomic E-state index is 0.00630. The fourth-order valence-corrected chi connectivity index (χ4v) is 7.23. The van der Waals surface area contributed by atoms with Crippen LogP contribution in [0.2, 0.25) is 0 Å². The number of hydrogen-bond acceptors (Lipinski definition) is 14. The molecule has 0 radical (unpaired) electrons. The quantitative estimate of drug-likeness (QED) is 0.0180. The standard InChI is InChI=1S/C55H88O14/c1-3-5-7-9-11-13-15-17-19-20-21-22-23-25-27-29-31-33-35-37-39-64-41-44(67-47(57)38-36-34-32-30-28-26-24-18-16-14-12-10-8-6-4-2)42-65-54-53(63)51(61)49(59)46(69-54)43-66-55-52(62)50(60)48(58)45(40-56)68-55/h5-8,11-14,17-19,21-22,24,28,30,34,36,44-46,48-56,58-63H,3-4,9-10,15-16,20,23,25-27,29,31-33,35,37-43H2,1-2H3/b7-5-,8-6-,13-11-,14-12-,19-17-,22-21-,24-18-,30-28-,36-34-. The van der Waals surface area contributed by atoms with Crippen molar-refractivity contribution in [3.63, 3.8) is 0 Å². The summed E-state index contributed by atoms with van der Waals surface area (Å²) in [6, 6.07) is 0. The van der Waals surface area contributed by atoms with Gasteiger partial charge in [0.05, 0.1) is 32.8 Å². The van der Waals surface area contributed by atoms with E-state index in [1.165, 1.54) is 19.3 Å². The molecule has 2 aliphatic heterocycles. The van der Waals surface area contributed by atoms with Crippen molar-refractivity contribution in [1.29, 1.82) is 0 Å². The minimum Gasteiger partial charge on any atom is -0.457 e. The van der Waals surface area contributed by atoms with Gasteiger partial charge in [0.15, 0.2) is 12.6 Å². The molecule has 2 heterocycles. The van der Waals surface area contributed by atoms with E-state index in [0.29, 0.717) is 13.0 Å². The number of aliphatic hydroxyl groups is 7. The largest absolute Gasteiger partial charge is 0.457 e. The number of aliphatic hydroxyl groups excluding tert-OH is 7. The third-order valence-electron chi connectivity index (χ3n) is 11.3. The number of allylic oxidation sites excluding steroid dienone is 17. The van der Waals surface area contributed by atoms with Crippen LogP contribution in [-0.2, 0) is 33.2 Å². The average molecular weight is 973 g/mol. The van der Waals surface area contributed by atoms with E-state index in [9.17, 15) is 40.5 Å². The lowest BCUT2D eigenvalue weighted by Gasteiger charge is -2.42. The summed E-state index contributed by atoms with van der Waals surface area (Å²) in [5.74, 6) is -0.512. The third kappa shape index (κ3) is 28.9. The van der Waals surface area contributed by atoms with Crippen molar-refractivity contribution in [1.82, 2.24) is 0 Å². The Morgan fingerprint density at radius 3 is 1.41 bits per heavy atom. The molecule has 0 aliphatic carbocycles. The van der Waals surface area contributed by atoms with Crippen LogP contribution in [0.4, 0.5) is 0 Å². The van der Waals surface area contributed by atoms with E-state index in [4.69, 9.17) is 28.4 Å². The predicted octanol–water partition coefficient (Wildman–Crippen LogP) is 7.62. The van der Waals surface area contributed by atoms with Crippen molar-refractivity contribution >= 4 is 5.97 Å². The van der Waals surface area contributed by atoms with Crippen LogP contribution >= 0.6 is 0 Å². The average Bonchev–Trinajstić information content (AvgIpc) is 3.35. The molecule has 0 aromatic carbocycles. The molecule has 2 saturated heterocycles. The molecule has 0 spiro atoms. The summed E-state index contributed by atoms with van der Waals surface area (Å²) in [5.41, 5.74) is 0. The summed E-state index contributed by atoms with van der Waals surface area (Å²) in [6.07, 6.45) is 38.9. The Bertz CT molecular complexity index is 1550. The van der Waals surface area contributed by atoms with E-state index in [-0.39, 0.29) is 19.6 Å². The molecule has 0 bridgehead atoms. The second-order valence-corrected chi connectivity index (χ2v) is 17.2. The van der Waals surface area contributed by atoms with Crippen molar-refractivity contribution in [3.05, 3.63) is 109 Å². The van der Waals surface area contributed by atoms with Gasteiger partial charge in [0.1, 0.15) is 54.9 Å². The molecular weight excluding hydrogens is 885 g/mol. The second kappa shape index (κ2) is 41.3. The maximum atomic E-state index is 12.9. The van der Waals surface area contributed by atoms with Gasteiger partial charge in [-0.3, -0.25) is 4.79 Å². The Morgan fingerprint density at radius 1 is 0.478 bits per heavy atom. The van der Waals surface area contributed by atoms with Gasteiger partial charge in [-0.05, 0) is 77.0 Å². The first-order valence-electron chi connectivity index (χ1n) is 25.5. The number of carbonyl (C=O) groups is 1. The van der Waals surface area contributed by atoms with E-state index in [1.807, 2.05) is 12.2 Å². The highest BCUT2D eigenvalue weighted by Crippen LogP contribution is 2.26. The Hall–Kier alpha value is -3.35. The van der Waals surface area contributed by atoms with E-state index < -0.39 is 86.7 Å². The molecule has 69 heavy (non-hydrogen) atoms. The molecule has 14 nitrogen and oxygen atoms in total. The molecule has 2 aliphatic rings. The number of carbonyl (C=O) groups excluding carboxylic acids is 1. The first kappa shape index (κ1) is 61.8. The maximum absolute atomic E-state index is 12.9. The van der Waals surface area contributed by atoms with E-state index in [0.717, 1.165) is 83.5 Å². The van der Waals surface area contributed by atoms with Crippen LogP contribution in [0, 0.1) is 0 Å². The number of ether oxygens (including phenoxy) is 6. The molecular formula is C55H88O14. The number of rotatable bonds is 38. The Labute approximate surface area is 413 Å². The molecule has 14 heteroatoms. The van der Waals surface area contributed by atoms with Gasteiger partial charge in [0, 0.05) is 6.61 Å². The predicted molar refractivity (Wildman–Crippen MR) is 270 cm³/mol. The number of hydrogen-bond donors (Lipinski definition) is 7. The smallest absolute Gasteiger partial charge is 0.310 e. The normalized spacial score (nSPS) is 26.6. The topological polar surface area (TPSA) is 214 Å². The second-order valence-electron chi connectivity index (χ2n) is 17.2. The highest BCUT2D eigenvalue weighted by molar-refractivity contribution is 5.71. The number of unbranched alkanes of at least 4 members (excludes halogenated alkanes) is 7. The van der Waals surface area contributed by atoms with Crippen molar-refractivity contribution in [3.8, 4) is 0 Å². The van der Waals surface area contributed by atoms with Gasteiger partial charge in [-0.1, -0.05) is 155 Å². The van der Waals surface area contributed by atoms with Gasteiger partial charge >= 0.3 is 5.97 Å². The Balaban J connectivity index is 1.81. The highest BCUT2D eigenvalue weighted by atomic mass is 16.7. The van der Waals surface area contributed by atoms with Crippen LogP contribution in [-0.4, -0.2) is 142 Å². The molecule has 7 N–H and O–H groups in total. The zero-order valence-electron chi connectivity index (χ0n) is 41.5. The van der Waals surface area contributed by atoms with Crippen molar-refractivity contribution in [2.75, 3.05) is 33.0 Å². The van der Waals surface area contributed by atoms with Crippen LogP contribution in [0.5, 0.6) is 0 Å². The third-order valence-corrected chi connectivity index (χ3v) is 11.3. The summed E-state index contributed by atoms with van der Waals surface area (Å²) in [6.45, 7) is 3.27. The zero-order valence-corrected chi connectivity index (χ0v) is 41.5. The maximum Gasteiger partial charge on any atom is 0.310 e. The van der Waals surface area contributed by atoms with Crippen LogP contribution in [0.25, 0.3) is 0 Å². The van der Waals surface area contributed by atoms with E-state index in [2.05, 4.69) is 105 Å². The van der Waals surface area contributed by atoms with Gasteiger partial charge in [-0.15, -0.1) is 0 Å². The Kier molecular flexibility index (Phi) is 37.0. The molecule has 11 unspecified atom stereocenters. The summed E-state index contributed by atoms with van der Waals surface area (Å²) < 4.78 is 34.1. The number of esters is 1. The first-order valence-corrected chi connectivity index (χ1v) is 25.5. The molecule has 0 aromatic heterocycles. The molecule has 0 aromatic rings. The van der Waals surface area contributed by atoms with Gasteiger partial charge < -0.3 is 64.2 Å². The summed E-state index contributed by atoms with van der Waals surface area (Å²) in [5, 5.41) is 72.1. The molecule has 2 rings (SSSR count). The summed E-state index contributed by atoms with van der Waals surface area (Å²) in [7, 11) is 0. The lowest BCUT2D eigenvalue weighted by Crippen LogP contribution is -2.61. The Morgan fingerprint density at radius 2 is 0.899 bits per heavy atom. The highest BCUT2D eigenvalue weighted by Gasteiger charge is 2.47. The van der Waals surface area contributed by atoms with Crippen LogP contribution in [0.1, 0.15) is 129 Å². The van der Waals surface area contributed by atoms with E-state index >= 15 is 0 Å². The molecule has 2 fully saturated rings. The summed E-state index contributed by atoms with van der Waals surface area (Å²) in [4.78, 5) is 12.9.